The van der Waals surface area contributed by atoms with Crippen molar-refractivity contribution in [2.24, 2.45) is 0 Å². The largest absolute Gasteiger partial charge is 0.368 e. The summed E-state index contributed by atoms with van der Waals surface area (Å²) in [4.78, 5) is 10.9. The van der Waals surface area contributed by atoms with Gasteiger partial charge in [0.15, 0.2) is 0 Å². The molecule has 0 saturated carbocycles. The second kappa shape index (κ2) is 4.94. The summed E-state index contributed by atoms with van der Waals surface area (Å²) in [6.07, 6.45) is 1.74. The molecule has 3 N–H and O–H groups in total. The van der Waals surface area contributed by atoms with E-state index in [1.165, 1.54) is 15.3 Å². The van der Waals surface area contributed by atoms with Crippen molar-refractivity contribution < 1.29 is 0 Å². The number of rotatable bonds is 3. The monoisotopic (exact) mass is 262 g/mol. The minimum absolute atomic E-state index is 0.211. The molecule has 1 atom stereocenters. The smallest absolute Gasteiger partial charge is 0.221 e. The van der Waals surface area contributed by atoms with Crippen LogP contribution < -0.4 is 11.1 Å². The summed E-state index contributed by atoms with van der Waals surface area (Å²) in [5.74, 6) is 1.10. The van der Waals surface area contributed by atoms with E-state index in [1.807, 2.05) is 18.3 Å². The second-order valence-corrected chi connectivity index (χ2v) is 5.95. The third-order valence-electron chi connectivity index (χ3n) is 2.89. The standard InChI is InChI=1S/C13H18N4S/c1-7-6-15-13(14)17-12(7)16-9(3)11-5-8(2)18-10(11)4/h5-6,9H,1-4H3,(H3,14,15,16,17). The van der Waals surface area contributed by atoms with Crippen molar-refractivity contribution in [3.8, 4) is 0 Å². The highest BCUT2D eigenvalue weighted by Crippen LogP contribution is 2.28. The number of nitrogens with two attached hydrogens (primary N) is 1. The third-order valence-corrected chi connectivity index (χ3v) is 3.87. The SMILES string of the molecule is Cc1cc(C(C)Nc2nc(N)ncc2C)c(C)s1. The Kier molecular flexibility index (Phi) is 3.52. The summed E-state index contributed by atoms with van der Waals surface area (Å²) in [7, 11) is 0. The Hall–Kier alpha value is -1.62. The molecule has 0 aliphatic carbocycles. The van der Waals surface area contributed by atoms with Gasteiger partial charge in [-0.1, -0.05) is 0 Å². The predicted molar refractivity (Wildman–Crippen MR) is 77.0 cm³/mol. The number of aryl methyl sites for hydroxylation is 3. The summed E-state index contributed by atoms with van der Waals surface area (Å²) in [5, 5.41) is 3.40. The third kappa shape index (κ3) is 2.61. The Bertz CT molecular complexity index is 562. The van der Waals surface area contributed by atoms with E-state index in [1.54, 1.807) is 6.20 Å². The molecule has 2 aromatic rings. The number of aromatic nitrogens is 2. The van der Waals surface area contributed by atoms with Crippen molar-refractivity contribution in [2.75, 3.05) is 11.1 Å². The van der Waals surface area contributed by atoms with E-state index in [9.17, 15) is 0 Å². The molecule has 0 saturated heterocycles. The molecule has 2 aromatic heterocycles. The number of anilines is 2. The van der Waals surface area contributed by atoms with Crippen molar-refractivity contribution >= 4 is 23.1 Å². The summed E-state index contributed by atoms with van der Waals surface area (Å²) in [6, 6.07) is 2.43. The molecule has 0 bridgehead atoms. The Morgan fingerprint density at radius 1 is 1.33 bits per heavy atom. The van der Waals surface area contributed by atoms with Crippen molar-refractivity contribution in [1.82, 2.24) is 9.97 Å². The van der Waals surface area contributed by atoms with Gasteiger partial charge in [-0.05, 0) is 39.3 Å². The summed E-state index contributed by atoms with van der Waals surface area (Å²) < 4.78 is 0. The number of nitrogen functional groups attached to an aromatic ring is 1. The first-order valence-electron chi connectivity index (χ1n) is 5.90. The molecule has 4 nitrogen and oxygen atoms in total. The van der Waals surface area contributed by atoms with E-state index >= 15 is 0 Å². The molecule has 2 rings (SSSR count). The van der Waals surface area contributed by atoms with E-state index in [0.29, 0.717) is 5.95 Å². The van der Waals surface area contributed by atoms with Crippen LogP contribution in [0, 0.1) is 20.8 Å². The molecule has 0 fully saturated rings. The lowest BCUT2D eigenvalue weighted by Gasteiger charge is -2.16. The Balaban J connectivity index is 2.23. The highest BCUT2D eigenvalue weighted by Gasteiger charge is 2.13. The molecule has 0 aliphatic heterocycles. The lowest BCUT2D eigenvalue weighted by atomic mass is 10.1. The number of nitrogens with one attached hydrogen (secondary N) is 1. The average molecular weight is 262 g/mol. The molecule has 96 valence electrons. The topological polar surface area (TPSA) is 63.8 Å². The van der Waals surface area contributed by atoms with Gasteiger partial charge in [-0.2, -0.15) is 4.98 Å². The fraction of sp³-hybridized carbons (Fsp3) is 0.385. The maximum Gasteiger partial charge on any atom is 0.221 e. The predicted octanol–water partition coefficient (Wildman–Crippen LogP) is 3.22. The first kappa shape index (κ1) is 12.8. The van der Waals surface area contributed by atoms with Crippen LogP contribution >= 0.6 is 11.3 Å². The van der Waals surface area contributed by atoms with E-state index in [4.69, 9.17) is 5.73 Å². The summed E-state index contributed by atoms with van der Waals surface area (Å²) >= 11 is 1.82. The zero-order valence-corrected chi connectivity index (χ0v) is 11.9. The number of nitrogens with zero attached hydrogens (tertiary/aromatic N) is 2. The number of thiophene rings is 1. The number of hydrogen-bond acceptors (Lipinski definition) is 5. The summed E-state index contributed by atoms with van der Waals surface area (Å²) in [6.45, 7) is 8.38. The fourth-order valence-electron chi connectivity index (χ4n) is 1.97. The lowest BCUT2D eigenvalue weighted by Crippen LogP contribution is -2.10. The van der Waals surface area contributed by atoms with Gasteiger partial charge in [0, 0.05) is 21.5 Å². The number of hydrogen-bond donors (Lipinski definition) is 2. The van der Waals surface area contributed by atoms with Gasteiger partial charge in [0.25, 0.3) is 0 Å². The van der Waals surface area contributed by atoms with Crippen LogP contribution in [0.3, 0.4) is 0 Å². The van der Waals surface area contributed by atoms with Crippen LogP contribution in [0.1, 0.15) is 33.8 Å². The van der Waals surface area contributed by atoms with Gasteiger partial charge in [0.1, 0.15) is 5.82 Å². The molecule has 0 aliphatic rings. The molecule has 0 spiro atoms. The molecule has 2 heterocycles. The molecule has 18 heavy (non-hydrogen) atoms. The zero-order chi connectivity index (χ0) is 13.3. The molecule has 0 aromatic carbocycles. The van der Waals surface area contributed by atoms with Crippen LogP contribution in [0.2, 0.25) is 0 Å². The van der Waals surface area contributed by atoms with Gasteiger partial charge in [0.2, 0.25) is 5.95 Å². The van der Waals surface area contributed by atoms with Crippen molar-refractivity contribution in [3.63, 3.8) is 0 Å². The minimum atomic E-state index is 0.211. The van der Waals surface area contributed by atoms with E-state index in [2.05, 4.69) is 42.1 Å². The maximum absolute atomic E-state index is 5.62. The van der Waals surface area contributed by atoms with Crippen LogP contribution in [0.15, 0.2) is 12.3 Å². The van der Waals surface area contributed by atoms with Crippen LogP contribution in [0.25, 0.3) is 0 Å². The van der Waals surface area contributed by atoms with E-state index in [0.717, 1.165) is 11.4 Å². The van der Waals surface area contributed by atoms with Crippen LogP contribution in [0.4, 0.5) is 11.8 Å². The average Bonchev–Trinajstić information content (AvgIpc) is 2.63. The quantitative estimate of drug-likeness (QED) is 0.891. The highest BCUT2D eigenvalue weighted by atomic mass is 32.1. The molecule has 0 radical (unpaired) electrons. The molecule has 5 heteroatoms. The molecule has 0 amide bonds. The molecule has 1 unspecified atom stereocenters. The van der Waals surface area contributed by atoms with E-state index in [-0.39, 0.29) is 6.04 Å². The van der Waals surface area contributed by atoms with Crippen molar-refractivity contribution in [3.05, 3.63) is 33.1 Å². The maximum atomic E-state index is 5.62. The van der Waals surface area contributed by atoms with Gasteiger partial charge in [0.05, 0.1) is 6.04 Å². The van der Waals surface area contributed by atoms with Gasteiger partial charge < -0.3 is 11.1 Å². The summed E-state index contributed by atoms with van der Waals surface area (Å²) in [5.41, 5.74) is 7.93. The van der Waals surface area contributed by atoms with Crippen molar-refractivity contribution in [2.45, 2.75) is 33.7 Å². The van der Waals surface area contributed by atoms with Crippen LogP contribution in [0.5, 0.6) is 0 Å². The molecular weight excluding hydrogens is 244 g/mol. The highest BCUT2D eigenvalue weighted by molar-refractivity contribution is 7.12. The first-order valence-corrected chi connectivity index (χ1v) is 6.71. The Morgan fingerprint density at radius 2 is 2.06 bits per heavy atom. The fourth-order valence-corrected chi connectivity index (χ4v) is 2.99. The minimum Gasteiger partial charge on any atom is -0.368 e. The second-order valence-electron chi connectivity index (χ2n) is 4.49. The first-order chi connectivity index (χ1) is 8.47. The van der Waals surface area contributed by atoms with Crippen LogP contribution in [-0.4, -0.2) is 9.97 Å². The van der Waals surface area contributed by atoms with E-state index < -0.39 is 0 Å². The normalized spacial score (nSPS) is 12.4. The van der Waals surface area contributed by atoms with Crippen LogP contribution in [-0.2, 0) is 0 Å². The van der Waals surface area contributed by atoms with Gasteiger partial charge in [-0.15, -0.1) is 11.3 Å². The van der Waals surface area contributed by atoms with Crippen molar-refractivity contribution in [1.29, 1.82) is 0 Å². The zero-order valence-electron chi connectivity index (χ0n) is 11.1. The van der Waals surface area contributed by atoms with Gasteiger partial charge >= 0.3 is 0 Å². The molecular formula is C13H18N4S. The Morgan fingerprint density at radius 3 is 2.67 bits per heavy atom. The lowest BCUT2D eigenvalue weighted by molar-refractivity contribution is 0.866. The Labute approximate surface area is 111 Å². The van der Waals surface area contributed by atoms with Gasteiger partial charge in [-0.3, -0.25) is 0 Å². The van der Waals surface area contributed by atoms with Gasteiger partial charge in [-0.25, -0.2) is 4.98 Å².